The van der Waals surface area contributed by atoms with Crippen molar-refractivity contribution in [3.8, 4) is 0 Å². The van der Waals surface area contributed by atoms with E-state index in [1.54, 1.807) is 0 Å². The molecule has 1 aliphatic heterocycles. The zero-order valence-electron chi connectivity index (χ0n) is 12.3. The van der Waals surface area contributed by atoms with Gasteiger partial charge < -0.3 is 10.6 Å². The fraction of sp³-hybridized carbons (Fsp3) is 0.471. The van der Waals surface area contributed by atoms with Crippen LogP contribution in [0.15, 0.2) is 30.5 Å². The maximum Gasteiger partial charge on any atom is 0.0751 e. The number of aromatic nitrogens is 1. The van der Waals surface area contributed by atoms with Gasteiger partial charge in [-0.25, -0.2) is 0 Å². The Morgan fingerprint density at radius 3 is 3.10 bits per heavy atom. The molecule has 3 heteroatoms. The molecule has 1 aromatic heterocycles. The number of nitrogens with zero attached hydrogens (tertiary/aromatic N) is 1. The average Bonchev–Trinajstić information content (AvgIpc) is 2.95. The van der Waals surface area contributed by atoms with Crippen molar-refractivity contribution in [2.75, 3.05) is 11.9 Å². The minimum atomic E-state index is 0.469. The van der Waals surface area contributed by atoms with Crippen LogP contribution in [0.1, 0.15) is 31.7 Å². The topological polar surface area (TPSA) is 37.0 Å². The van der Waals surface area contributed by atoms with Crippen LogP contribution in [0.2, 0.25) is 0 Å². The zero-order valence-corrected chi connectivity index (χ0v) is 12.3. The van der Waals surface area contributed by atoms with Crippen LogP contribution in [0.25, 0.3) is 10.9 Å². The highest BCUT2D eigenvalue weighted by Gasteiger charge is 2.17. The van der Waals surface area contributed by atoms with Gasteiger partial charge in [0.05, 0.1) is 5.52 Å². The summed E-state index contributed by atoms with van der Waals surface area (Å²) in [5.74, 6) is 0. The van der Waals surface area contributed by atoms with E-state index in [-0.39, 0.29) is 0 Å². The van der Waals surface area contributed by atoms with Crippen molar-refractivity contribution in [3.05, 3.63) is 36.0 Å². The van der Waals surface area contributed by atoms with Gasteiger partial charge in [-0.1, -0.05) is 6.07 Å². The van der Waals surface area contributed by atoms with E-state index in [1.165, 1.54) is 42.4 Å². The molecule has 1 aliphatic rings. The van der Waals surface area contributed by atoms with Gasteiger partial charge in [-0.2, -0.15) is 0 Å². The van der Waals surface area contributed by atoms with Crippen molar-refractivity contribution >= 4 is 16.6 Å². The minimum absolute atomic E-state index is 0.469. The standard InChI is InChI=1S/C17H23N3/c1-12-7-8-16(15-6-4-10-19-17(12)15)20-13(2)11-14-5-3-9-18-14/h4,6-8,10,13-14,18,20H,3,5,9,11H2,1-2H3. The maximum absolute atomic E-state index is 4.50. The molecule has 0 bridgehead atoms. The molecule has 1 fully saturated rings. The summed E-state index contributed by atoms with van der Waals surface area (Å²) in [6.07, 6.45) is 5.66. The number of aryl methyl sites for hydroxylation is 1. The highest BCUT2D eigenvalue weighted by Crippen LogP contribution is 2.26. The van der Waals surface area contributed by atoms with Crippen molar-refractivity contribution in [2.45, 2.75) is 45.2 Å². The van der Waals surface area contributed by atoms with Gasteiger partial charge in [0, 0.05) is 29.4 Å². The van der Waals surface area contributed by atoms with Gasteiger partial charge in [-0.3, -0.25) is 4.98 Å². The van der Waals surface area contributed by atoms with Gasteiger partial charge in [0.1, 0.15) is 0 Å². The van der Waals surface area contributed by atoms with Crippen LogP contribution in [-0.4, -0.2) is 23.6 Å². The van der Waals surface area contributed by atoms with Gasteiger partial charge >= 0.3 is 0 Å². The number of benzene rings is 1. The molecule has 3 rings (SSSR count). The van der Waals surface area contributed by atoms with Gasteiger partial charge in [-0.15, -0.1) is 0 Å². The molecule has 0 saturated carbocycles. The number of pyridine rings is 1. The van der Waals surface area contributed by atoms with E-state index in [2.05, 4.69) is 47.7 Å². The summed E-state index contributed by atoms with van der Waals surface area (Å²) in [4.78, 5) is 4.50. The normalized spacial score (nSPS) is 20.2. The van der Waals surface area contributed by atoms with Crippen LogP contribution in [0.5, 0.6) is 0 Å². The first-order valence-electron chi connectivity index (χ1n) is 7.58. The molecule has 3 nitrogen and oxygen atoms in total. The van der Waals surface area contributed by atoms with Crippen LogP contribution < -0.4 is 10.6 Å². The molecule has 0 amide bonds. The molecule has 2 heterocycles. The Morgan fingerprint density at radius 1 is 1.40 bits per heavy atom. The maximum atomic E-state index is 4.50. The lowest BCUT2D eigenvalue weighted by atomic mass is 10.0. The number of nitrogens with one attached hydrogen (secondary N) is 2. The minimum Gasteiger partial charge on any atom is -0.382 e. The zero-order chi connectivity index (χ0) is 13.9. The number of hydrogen-bond acceptors (Lipinski definition) is 3. The number of hydrogen-bond donors (Lipinski definition) is 2. The molecular formula is C17H23N3. The molecule has 1 aromatic carbocycles. The molecule has 0 aliphatic carbocycles. The molecule has 106 valence electrons. The van der Waals surface area contributed by atoms with Crippen LogP contribution in [0.3, 0.4) is 0 Å². The Kier molecular flexibility index (Phi) is 3.88. The van der Waals surface area contributed by atoms with Crippen LogP contribution >= 0.6 is 0 Å². The van der Waals surface area contributed by atoms with Gasteiger partial charge in [0.15, 0.2) is 0 Å². The Labute approximate surface area is 120 Å². The number of anilines is 1. The van der Waals surface area contributed by atoms with Crippen molar-refractivity contribution in [2.24, 2.45) is 0 Å². The second kappa shape index (κ2) is 5.80. The van der Waals surface area contributed by atoms with E-state index in [1.807, 2.05) is 12.3 Å². The third-order valence-corrected chi connectivity index (χ3v) is 4.17. The highest BCUT2D eigenvalue weighted by atomic mass is 15.0. The summed E-state index contributed by atoms with van der Waals surface area (Å²) in [5, 5.41) is 8.45. The summed E-state index contributed by atoms with van der Waals surface area (Å²) < 4.78 is 0. The first kappa shape index (κ1) is 13.4. The van der Waals surface area contributed by atoms with E-state index >= 15 is 0 Å². The summed E-state index contributed by atoms with van der Waals surface area (Å²) >= 11 is 0. The summed E-state index contributed by atoms with van der Waals surface area (Å²) in [6.45, 7) is 5.56. The second-order valence-electron chi connectivity index (χ2n) is 5.90. The molecule has 2 unspecified atom stereocenters. The smallest absolute Gasteiger partial charge is 0.0751 e. The molecule has 1 saturated heterocycles. The molecular weight excluding hydrogens is 246 g/mol. The molecule has 0 radical (unpaired) electrons. The lowest BCUT2D eigenvalue weighted by Crippen LogP contribution is -2.29. The quantitative estimate of drug-likeness (QED) is 0.892. The molecule has 20 heavy (non-hydrogen) atoms. The predicted molar refractivity (Wildman–Crippen MR) is 85.2 cm³/mol. The first-order valence-corrected chi connectivity index (χ1v) is 7.58. The Morgan fingerprint density at radius 2 is 2.30 bits per heavy atom. The fourth-order valence-electron chi connectivity index (χ4n) is 3.15. The van der Waals surface area contributed by atoms with Crippen LogP contribution in [0, 0.1) is 6.92 Å². The summed E-state index contributed by atoms with van der Waals surface area (Å²) in [5.41, 5.74) is 3.53. The van der Waals surface area contributed by atoms with E-state index in [0.717, 1.165) is 5.52 Å². The van der Waals surface area contributed by atoms with Crippen LogP contribution in [-0.2, 0) is 0 Å². The molecule has 0 spiro atoms. The summed E-state index contributed by atoms with van der Waals surface area (Å²) in [6, 6.07) is 9.63. The van der Waals surface area contributed by atoms with Gasteiger partial charge in [0.2, 0.25) is 0 Å². The Hall–Kier alpha value is -1.61. The average molecular weight is 269 g/mol. The number of fused-ring (bicyclic) bond motifs is 1. The third kappa shape index (κ3) is 2.78. The van der Waals surface area contributed by atoms with Crippen molar-refractivity contribution in [1.29, 1.82) is 0 Å². The predicted octanol–water partition coefficient (Wildman–Crippen LogP) is 3.49. The summed E-state index contributed by atoms with van der Waals surface area (Å²) in [7, 11) is 0. The van der Waals surface area contributed by atoms with Crippen LogP contribution in [0.4, 0.5) is 5.69 Å². The third-order valence-electron chi connectivity index (χ3n) is 4.17. The van der Waals surface area contributed by atoms with Gasteiger partial charge in [-0.05, 0) is 63.4 Å². The Balaban J connectivity index is 1.78. The van der Waals surface area contributed by atoms with Crippen molar-refractivity contribution in [3.63, 3.8) is 0 Å². The van der Waals surface area contributed by atoms with Crippen molar-refractivity contribution < 1.29 is 0 Å². The Bertz CT molecular complexity index is 588. The lowest BCUT2D eigenvalue weighted by molar-refractivity contribution is 0.523. The van der Waals surface area contributed by atoms with E-state index < -0.39 is 0 Å². The lowest BCUT2D eigenvalue weighted by Gasteiger charge is -2.20. The molecule has 2 aromatic rings. The SMILES string of the molecule is Cc1ccc(NC(C)CC2CCCN2)c2cccnc12. The largest absolute Gasteiger partial charge is 0.382 e. The molecule has 2 atom stereocenters. The van der Waals surface area contributed by atoms with E-state index in [4.69, 9.17) is 0 Å². The van der Waals surface area contributed by atoms with Crippen molar-refractivity contribution in [1.82, 2.24) is 10.3 Å². The first-order chi connectivity index (χ1) is 9.74. The number of rotatable bonds is 4. The second-order valence-corrected chi connectivity index (χ2v) is 5.90. The highest BCUT2D eigenvalue weighted by molar-refractivity contribution is 5.93. The van der Waals surface area contributed by atoms with E-state index in [0.29, 0.717) is 12.1 Å². The monoisotopic (exact) mass is 269 g/mol. The molecule has 2 N–H and O–H groups in total. The fourth-order valence-corrected chi connectivity index (χ4v) is 3.15. The van der Waals surface area contributed by atoms with Gasteiger partial charge in [0.25, 0.3) is 0 Å². The van der Waals surface area contributed by atoms with E-state index in [9.17, 15) is 0 Å².